The maximum Gasteiger partial charge on any atom is 0.243 e. The third kappa shape index (κ3) is 2.71. The summed E-state index contributed by atoms with van der Waals surface area (Å²) < 4.78 is 5.76. The molecule has 0 radical (unpaired) electrons. The van der Waals surface area contributed by atoms with Gasteiger partial charge in [-0.1, -0.05) is 6.92 Å². The van der Waals surface area contributed by atoms with Crippen molar-refractivity contribution in [3.8, 4) is 0 Å². The highest BCUT2D eigenvalue weighted by molar-refractivity contribution is 6.00. The van der Waals surface area contributed by atoms with Crippen molar-refractivity contribution in [3.05, 3.63) is 23.7 Å². The lowest BCUT2D eigenvalue weighted by Gasteiger charge is -2.21. The van der Waals surface area contributed by atoms with E-state index in [0.717, 1.165) is 17.4 Å². The van der Waals surface area contributed by atoms with E-state index in [1.165, 1.54) is 6.42 Å². The fourth-order valence-corrected chi connectivity index (χ4v) is 2.52. The number of nitrogens with one attached hydrogen (secondary N) is 2. The van der Waals surface area contributed by atoms with Crippen LogP contribution in [0.25, 0.3) is 0 Å². The Bertz CT molecular complexity index is 509. The van der Waals surface area contributed by atoms with Crippen LogP contribution in [0.15, 0.2) is 16.5 Å². The predicted octanol–water partition coefficient (Wildman–Crippen LogP) is 1.30. The summed E-state index contributed by atoms with van der Waals surface area (Å²) in [5.41, 5.74) is 0. The first-order valence-corrected chi connectivity index (χ1v) is 6.79. The van der Waals surface area contributed by atoms with Crippen LogP contribution in [0.4, 0.5) is 0 Å². The molecule has 2 aliphatic rings. The average Bonchev–Trinajstić information content (AvgIpc) is 2.91. The normalized spacial score (nSPS) is 30.3. The zero-order chi connectivity index (χ0) is 13.4. The summed E-state index contributed by atoms with van der Waals surface area (Å²) in [6.07, 6.45) is 2.15. The molecule has 2 heterocycles. The molecule has 3 atom stereocenters. The fraction of sp³-hybridized carbons (Fsp3) is 0.571. The van der Waals surface area contributed by atoms with Gasteiger partial charge in [-0.2, -0.15) is 0 Å². The summed E-state index contributed by atoms with van der Waals surface area (Å²) in [6.45, 7) is 2.74. The van der Waals surface area contributed by atoms with Crippen molar-refractivity contribution >= 4 is 11.8 Å². The number of rotatable bonds is 4. The lowest BCUT2D eigenvalue weighted by Crippen LogP contribution is -2.50. The summed E-state index contributed by atoms with van der Waals surface area (Å²) in [4.78, 5) is 22.6. The highest BCUT2D eigenvalue weighted by Crippen LogP contribution is 2.47. The Hall–Kier alpha value is -1.62. The number of carbonyl (C=O) groups excluding carboxylic acids is 2. The number of hydrogen-bond acceptors (Lipinski definition) is 4. The van der Waals surface area contributed by atoms with Gasteiger partial charge in [0.1, 0.15) is 11.5 Å². The van der Waals surface area contributed by atoms with Gasteiger partial charge in [-0.05, 0) is 30.9 Å². The van der Waals surface area contributed by atoms with Gasteiger partial charge in [-0.15, -0.1) is 0 Å². The van der Waals surface area contributed by atoms with E-state index in [0.29, 0.717) is 25.3 Å². The predicted molar refractivity (Wildman–Crippen MR) is 68.2 cm³/mol. The van der Waals surface area contributed by atoms with E-state index in [9.17, 15) is 9.59 Å². The van der Waals surface area contributed by atoms with E-state index in [1.807, 2.05) is 12.1 Å². The molecule has 1 aliphatic heterocycles. The molecule has 19 heavy (non-hydrogen) atoms. The Balaban J connectivity index is 1.53. The molecule has 5 nitrogen and oxygen atoms in total. The Kier molecular flexibility index (Phi) is 3.14. The Morgan fingerprint density at radius 3 is 2.89 bits per heavy atom. The lowest BCUT2D eigenvalue weighted by atomic mass is 10.1. The van der Waals surface area contributed by atoms with Gasteiger partial charge in [0.25, 0.3) is 0 Å². The molecule has 1 aromatic rings. The van der Waals surface area contributed by atoms with Crippen molar-refractivity contribution < 1.29 is 14.0 Å². The first-order valence-electron chi connectivity index (χ1n) is 6.79. The minimum Gasteiger partial charge on any atom is -0.464 e. The fourth-order valence-electron chi connectivity index (χ4n) is 2.52. The number of furan rings is 1. The minimum atomic E-state index is -0.300. The molecule has 3 rings (SSSR count). The highest BCUT2D eigenvalue weighted by atomic mass is 16.3. The quantitative estimate of drug-likeness (QED) is 0.802. The summed E-state index contributed by atoms with van der Waals surface area (Å²) in [5.74, 6) is 2.77. The molecule has 2 fully saturated rings. The monoisotopic (exact) mass is 262 g/mol. The van der Waals surface area contributed by atoms with Crippen LogP contribution in [0.2, 0.25) is 0 Å². The standard InChI is InChI=1S/C14H18N2O3/c1-8-6-10(8)12-4-2-9(19-12)7-15-11-3-5-13(17)16-14(11)18/h2,4,8,10-11,15H,3,5-7H2,1H3,(H,16,17,18). The van der Waals surface area contributed by atoms with Crippen molar-refractivity contribution in [1.29, 1.82) is 0 Å². The van der Waals surface area contributed by atoms with Crippen molar-refractivity contribution in [2.75, 3.05) is 0 Å². The maximum absolute atomic E-state index is 11.6. The second-order valence-electron chi connectivity index (χ2n) is 5.51. The van der Waals surface area contributed by atoms with Crippen LogP contribution < -0.4 is 10.6 Å². The van der Waals surface area contributed by atoms with Gasteiger partial charge in [0.2, 0.25) is 11.8 Å². The van der Waals surface area contributed by atoms with Crippen molar-refractivity contribution in [2.24, 2.45) is 5.92 Å². The van der Waals surface area contributed by atoms with Gasteiger partial charge < -0.3 is 4.42 Å². The topological polar surface area (TPSA) is 71.3 Å². The molecule has 2 amide bonds. The number of hydrogen-bond donors (Lipinski definition) is 2. The van der Waals surface area contributed by atoms with E-state index >= 15 is 0 Å². The van der Waals surface area contributed by atoms with Crippen LogP contribution in [-0.4, -0.2) is 17.9 Å². The summed E-state index contributed by atoms with van der Waals surface area (Å²) in [5, 5.41) is 5.47. The van der Waals surface area contributed by atoms with E-state index in [-0.39, 0.29) is 17.9 Å². The van der Waals surface area contributed by atoms with Gasteiger partial charge in [-0.25, -0.2) is 0 Å². The molecule has 1 saturated heterocycles. The van der Waals surface area contributed by atoms with Gasteiger partial charge in [0.15, 0.2) is 0 Å². The van der Waals surface area contributed by atoms with Gasteiger partial charge in [-0.3, -0.25) is 20.2 Å². The van der Waals surface area contributed by atoms with E-state index < -0.39 is 0 Å². The first kappa shape index (κ1) is 12.4. The minimum absolute atomic E-state index is 0.189. The van der Waals surface area contributed by atoms with Crippen LogP contribution in [0.1, 0.15) is 43.6 Å². The second-order valence-corrected chi connectivity index (χ2v) is 5.51. The molecular weight excluding hydrogens is 244 g/mol. The molecule has 0 aromatic carbocycles. The Morgan fingerprint density at radius 2 is 2.21 bits per heavy atom. The summed E-state index contributed by atoms with van der Waals surface area (Å²) in [7, 11) is 0. The summed E-state index contributed by atoms with van der Waals surface area (Å²) in [6, 6.07) is 3.68. The number of carbonyl (C=O) groups is 2. The van der Waals surface area contributed by atoms with E-state index in [4.69, 9.17) is 4.42 Å². The maximum atomic E-state index is 11.6. The zero-order valence-electron chi connectivity index (χ0n) is 10.9. The van der Waals surface area contributed by atoms with Crippen LogP contribution in [0.5, 0.6) is 0 Å². The average molecular weight is 262 g/mol. The zero-order valence-corrected chi connectivity index (χ0v) is 10.9. The molecule has 0 spiro atoms. The summed E-state index contributed by atoms with van der Waals surface area (Å²) >= 11 is 0. The molecule has 1 aromatic heterocycles. The van der Waals surface area contributed by atoms with Gasteiger partial charge in [0, 0.05) is 12.3 Å². The second kappa shape index (κ2) is 4.81. The van der Waals surface area contributed by atoms with Crippen molar-refractivity contribution in [1.82, 2.24) is 10.6 Å². The van der Waals surface area contributed by atoms with Crippen LogP contribution in [0.3, 0.4) is 0 Å². The highest BCUT2D eigenvalue weighted by Gasteiger charge is 2.36. The van der Waals surface area contributed by atoms with Gasteiger partial charge in [0.05, 0.1) is 12.6 Å². The SMILES string of the molecule is CC1CC1c1ccc(CNC2CCC(=O)NC2=O)o1. The third-order valence-corrected chi connectivity index (χ3v) is 3.92. The Labute approximate surface area is 111 Å². The van der Waals surface area contributed by atoms with Crippen molar-refractivity contribution in [3.63, 3.8) is 0 Å². The van der Waals surface area contributed by atoms with Crippen LogP contribution in [-0.2, 0) is 16.1 Å². The van der Waals surface area contributed by atoms with Gasteiger partial charge >= 0.3 is 0 Å². The molecule has 5 heteroatoms. The lowest BCUT2D eigenvalue weighted by molar-refractivity contribution is -0.134. The number of amides is 2. The molecule has 2 N–H and O–H groups in total. The van der Waals surface area contributed by atoms with Crippen LogP contribution in [0, 0.1) is 5.92 Å². The smallest absolute Gasteiger partial charge is 0.243 e. The van der Waals surface area contributed by atoms with Crippen LogP contribution >= 0.6 is 0 Å². The molecule has 1 aliphatic carbocycles. The van der Waals surface area contributed by atoms with E-state index in [2.05, 4.69) is 17.6 Å². The molecule has 1 saturated carbocycles. The number of piperidine rings is 1. The molecule has 102 valence electrons. The largest absolute Gasteiger partial charge is 0.464 e. The Morgan fingerprint density at radius 1 is 1.42 bits per heavy atom. The molecule has 3 unspecified atom stereocenters. The third-order valence-electron chi connectivity index (χ3n) is 3.92. The van der Waals surface area contributed by atoms with Crippen molar-refractivity contribution in [2.45, 2.75) is 44.7 Å². The molecule has 0 bridgehead atoms. The first-order chi connectivity index (χ1) is 9.13. The van der Waals surface area contributed by atoms with E-state index in [1.54, 1.807) is 0 Å². The molecular formula is C14H18N2O3. The number of imide groups is 1.